The van der Waals surface area contributed by atoms with Crippen molar-refractivity contribution in [1.29, 1.82) is 0 Å². The molecule has 0 saturated carbocycles. The van der Waals surface area contributed by atoms with Gasteiger partial charge in [-0.05, 0) is 19.1 Å². The fraction of sp³-hybridized carbons (Fsp3) is 0.500. The normalized spacial score (nSPS) is 21.8. The number of carbonyl (C=O) groups excluding carboxylic acids is 1. The number of alkyl halides is 2. The van der Waals surface area contributed by atoms with E-state index in [0.717, 1.165) is 0 Å². The SMILES string of the molecule is CC(CNC(=O)C1CC(F)(F)CN1)Oc1ccccc1Cl. The van der Waals surface area contributed by atoms with Crippen LogP contribution in [0.25, 0.3) is 0 Å². The molecule has 1 heterocycles. The first-order valence-corrected chi connectivity index (χ1v) is 7.05. The molecule has 1 aromatic carbocycles. The van der Waals surface area contributed by atoms with E-state index in [1.54, 1.807) is 31.2 Å². The Labute approximate surface area is 126 Å². The van der Waals surface area contributed by atoms with Gasteiger partial charge in [-0.25, -0.2) is 8.78 Å². The minimum absolute atomic E-state index is 0.216. The smallest absolute Gasteiger partial charge is 0.262 e. The van der Waals surface area contributed by atoms with Gasteiger partial charge in [0.1, 0.15) is 11.9 Å². The molecule has 1 saturated heterocycles. The van der Waals surface area contributed by atoms with Crippen LogP contribution in [0.5, 0.6) is 5.75 Å². The Morgan fingerprint density at radius 3 is 2.90 bits per heavy atom. The van der Waals surface area contributed by atoms with Crippen LogP contribution >= 0.6 is 11.6 Å². The summed E-state index contributed by atoms with van der Waals surface area (Å²) in [6, 6.07) is 6.14. The molecule has 1 aliphatic heterocycles. The van der Waals surface area contributed by atoms with E-state index in [2.05, 4.69) is 10.6 Å². The first kappa shape index (κ1) is 16.0. The second-order valence-electron chi connectivity index (χ2n) is 5.10. The zero-order valence-electron chi connectivity index (χ0n) is 11.5. The van der Waals surface area contributed by atoms with Gasteiger partial charge in [-0.2, -0.15) is 0 Å². The van der Waals surface area contributed by atoms with Crippen molar-refractivity contribution in [2.75, 3.05) is 13.1 Å². The third-order valence-electron chi connectivity index (χ3n) is 3.15. The molecule has 1 aromatic rings. The van der Waals surface area contributed by atoms with Crippen molar-refractivity contribution in [3.8, 4) is 5.75 Å². The molecule has 0 bridgehead atoms. The maximum absolute atomic E-state index is 13.0. The maximum atomic E-state index is 13.0. The number of carbonyl (C=O) groups is 1. The molecule has 0 spiro atoms. The molecule has 21 heavy (non-hydrogen) atoms. The average Bonchev–Trinajstić information content (AvgIpc) is 2.79. The molecule has 7 heteroatoms. The Bertz CT molecular complexity index is 514. The quantitative estimate of drug-likeness (QED) is 0.875. The monoisotopic (exact) mass is 318 g/mol. The summed E-state index contributed by atoms with van der Waals surface area (Å²) in [5, 5.41) is 5.58. The van der Waals surface area contributed by atoms with Crippen molar-refractivity contribution in [2.45, 2.75) is 31.4 Å². The molecule has 0 aromatic heterocycles. The Morgan fingerprint density at radius 1 is 1.57 bits per heavy atom. The van der Waals surface area contributed by atoms with Gasteiger partial charge in [0.25, 0.3) is 5.92 Å². The third-order valence-corrected chi connectivity index (χ3v) is 3.47. The number of para-hydroxylation sites is 1. The molecule has 2 N–H and O–H groups in total. The molecule has 116 valence electrons. The van der Waals surface area contributed by atoms with Crippen LogP contribution in [-0.4, -0.2) is 37.1 Å². The standard InChI is InChI=1S/C14H17ClF2N2O2/c1-9(21-12-5-3-2-4-10(12)15)7-18-13(20)11-6-14(16,17)8-19-11/h2-5,9,11,19H,6-8H2,1H3,(H,18,20). The van der Waals surface area contributed by atoms with Gasteiger partial charge in [-0.3, -0.25) is 10.1 Å². The van der Waals surface area contributed by atoms with Gasteiger partial charge in [0.05, 0.1) is 24.2 Å². The van der Waals surface area contributed by atoms with Crippen LogP contribution in [0.2, 0.25) is 5.02 Å². The molecule has 1 aliphatic rings. The third kappa shape index (κ3) is 4.54. The molecule has 1 fully saturated rings. The van der Waals surface area contributed by atoms with Crippen molar-refractivity contribution in [1.82, 2.24) is 10.6 Å². The fourth-order valence-corrected chi connectivity index (χ4v) is 2.25. The lowest BCUT2D eigenvalue weighted by Crippen LogP contribution is -2.43. The predicted octanol–water partition coefficient (Wildman–Crippen LogP) is 2.22. The summed E-state index contributed by atoms with van der Waals surface area (Å²) in [6.07, 6.45) is -0.797. The van der Waals surface area contributed by atoms with Crippen molar-refractivity contribution >= 4 is 17.5 Å². The largest absolute Gasteiger partial charge is 0.487 e. The Morgan fingerprint density at radius 2 is 2.29 bits per heavy atom. The van der Waals surface area contributed by atoms with Gasteiger partial charge in [-0.1, -0.05) is 23.7 Å². The summed E-state index contributed by atoms with van der Waals surface area (Å²) in [6.45, 7) is 1.52. The van der Waals surface area contributed by atoms with E-state index in [1.807, 2.05) is 0 Å². The van der Waals surface area contributed by atoms with E-state index in [4.69, 9.17) is 16.3 Å². The number of amides is 1. The van der Waals surface area contributed by atoms with Crippen LogP contribution in [0.3, 0.4) is 0 Å². The van der Waals surface area contributed by atoms with E-state index in [9.17, 15) is 13.6 Å². The van der Waals surface area contributed by atoms with Gasteiger partial charge in [0, 0.05) is 6.42 Å². The first-order valence-electron chi connectivity index (χ1n) is 6.67. The van der Waals surface area contributed by atoms with Crippen LogP contribution in [0, 0.1) is 0 Å². The molecular formula is C14H17ClF2N2O2. The minimum atomic E-state index is -2.82. The molecule has 1 amide bonds. The van der Waals surface area contributed by atoms with Gasteiger partial charge >= 0.3 is 0 Å². The van der Waals surface area contributed by atoms with Crippen molar-refractivity contribution in [3.05, 3.63) is 29.3 Å². The summed E-state index contributed by atoms with van der Waals surface area (Å²) in [7, 11) is 0. The molecule has 4 nitrogen and oxygen atoms in total. The number of nitrogens with one attached hydrogen (secondary N) is 2. The summed E-state index contributed by atoms with van der Waals surface area (Å²) in [5.41, 5.74) is 0. The van der Waals surface area contributed by atoms with Crippen molar-refractivity contribution in [3.63, 3.8) is 0 Å². The second-order valence-corrected chi connectivity index (χ2v) is 5.50. The summed E-state index contributed by atoms with van der Waals surface area (Å²) >= 11 is 5.96. The fourth-order valence-electron chi connectivity index (χ4n) is 2.07. The predicted molar refractivity (Wildman–Crippen MR) is 75.9 cm³/mol. The molecular weight excluding hydrogens is 302 g/mol. The van der Waals surface area contributed by atoms with Gasteiger partial charge < -0.3 is 10.1 Å². The number of hydrogen-bond acceptors (Lipinski definition) is 3. The average molecular weight is 319 g/mol. The number of hydrogen-bond donors (Lipinski definition) is 2. The second kappa shape index (κ2) is 6.58. The van der Waals surface area contributed by atoms with Crippen molar-refractivity contribution in [2.24, 2.45) is 0 Å². The Kier molecular flexibility index (Phi) is 5.00. The van der Waals surface area contributed by atoms with E-state index in [-0.39, 0.29) is 12.6 Å². The highest BCUT2D eigenvalue weighted by Gasteiger charge is 2.42. The number of halogens is 3. The zero-order chi connectivity index (χ0) is 15.5. The van der Waals surface area contributed by atoms with E-state index in [0.29, 0.717) is 10.8 Å². The lowest BCUT2D eigenvalue weighted by Gasteiger charge is -2.17. The molecule has 2 rings (SSSR count). The summed E-state index contributed by atoms with van der Waals surface area (Å²) in [5.74, 6) is -2.74. The van der Waals surface area contributed by atoms with Crippen LogP contribution < -0.4 is 15.4 Å². The highest BCUT2D eigenvalue weighted by molar-refractivity contribution is 6.32. The van der Waals surface area contributed by atoms with Crippen molar-refractivity contribution < 1.29 is 18.3 Å². The maximum Gasteiger partial charge on any atom is 0.262 e. The van der Waals surface area contributed by atoms with E-state index >= 15 is 0 Å². The molecule has 0 radical (unpaired) electrons. The molecule has 2 atom stereocenters. The molecule has 2 unspecified atom stereocenters. The number of ether oxygens (including phenoxy) is 1. The highest BCUT2D eigenvalue weighted by Crippen LogP contribution is 2.25. The lowest BCUT2D eigenvalue weighted by molar-refractivity contribution is -0.123. The molecule has 0 aliphatic carbocycles. The summed E-state index contributed by atoms with van der Waals surface area (Å²) < 4.78 is 31.6. The van der Waals surface area contributed by atoms with Crippen LogP contribution in [0.15, 0.2) is 24.3 Å². The zero-order valence-corrected chi connectivity index (χ0v) is 12.3. The Hall–Kier alpha value is -1.40. The number of rotatable bonds is 5. The van der Waals surface area contributed by atoms with E-state index < -0.39 is 30.8 Å². The van der Waals surface area contributed by atoms with Gasteiger partial charge in [0.15, 0.2) is 0 Å². The summed E-state index contributed by atoms with van der Waals surface area (Å²) in [4.78, 5) is 11.8. The lowest BCUT2D eigenvalue weighted by atomic mass is 10.2. The minimum Gasteiger partial charge on any atom is -0.487 e. The first-order chi connectivity index (χ1) is 9.87. The highest BCUT2D eigenvalue weighted by atomic mass is 35.5. The van der Waals surface area contributed by atoms with Gasteiger partial charge in [-0.15, -0.1) is 0 Å². The Balaban J connectivity index is 1.78. The van der Waals surface area contributed by atoms with Crippen LogP contribution in [0.4, 0.5) is 8.78 Å². The number of benzene rings is 1. The van der Waals surface area contributed by atoms with Crippen LogP contribution in [-0.2, 0) is 4.79 Å². The topological polar surface area (TPSA) is 50.4 Å². The van der Waals surface area contributed by atoms with Gasteiger partial charge in [0.2, 0.25) is 5.91 Å². The van der Waals surface area contributed by atoms with Crippen LogP contribution in [0.1, 0.15) is 13.3 Å². The van der Waals surface area contributed by atoms with E-state index in [1.165, 1.54) is 0 Å².